The molecule has 2 N–H and O–H groups in total. The molecule has 0 saturated heterocycles. The second kappa shape index (κ2) is 5.85. The van der Waals surface area contributed by atoms with Gasteiger partial charge in [-0.05, 0) is 55.8 Å². The molecule has 0 heterocycles. The fourth-order valence-electron chi connectivity index (χ4n) is 2.06. The minimum atomic E-state index is -0.222. The summed E-state index contributed by atoms with van der Waals surface area (Å²) < 4.78 is 13.6. The lowest BCUT2D eigenvalue weighted by Gasteiger charge is -2.20. The summed E-state index contributed by atoms with van der Waals surface area (Å²) in [6.45, 7) is 2.57. The Morgan fingerprint density at radius 3 is 2.37 bits per heavy atom. The summed E-state index contributed by atoms with van der Waals surface area (Å²) in [4.78, 5) is 1.97. The van der Waals surface area contributed by atoms with Crippen molar-refractivity contribution in [3.8, 4) is 0 Å². The highest BCUT2D eigenvalue weighted by Crippen LogP contribution is 2.25. The molecule has 0 saturated carbocycles. The lowest BCUT2D eigenvalue weighted by molar-refractivity contribution is 0.625. The summed E-state index contributed by atoms with van der Waals surface area (Å²) in [5.74, 6) is -0.222. The van der Waals surface area contributed by atoms with E-state index >= 15 is 0 Å². The van der Waals surface area contributed by atoms with Crippen LogP contribution in [0.4, 0.5) is 15.8 Å². The van der Waals surface area contributed by atoms with Crippen molar-refractivity contribution in [1.82, 2.24) is 0 Å². The van der Waals surface area contributed by atoms with Crippen molar-refractivity contribution in [2.75, 3.05) is 18.5 Å². The van der Waals surface area contributed by atoms with E-state index in [1.165, 1.54) is 5.56 Å². The van der Waals surface area contributed by atoms with Crippen molar-refractivity contribution in [3.05, 3.63) is 59.4 Å². The zero-order valence-corrected chi connectivity index (χ0v) is 11.4. The predicted octanol–water partition coefficient (Wildman–Crippen LogP) is 3.40. The molecule has 3 heteroatoms. The highest BCUT2D eigenvalue weighted by molar-refractivity contribution is 5.63. The van der Waals surface area contributed by atoms with E-state index in [0.717, 1.165) is 16.9 Å². The third kappa shape index (κ3) is 3.32. The minimum Gasteiger partial charge on any atom is -0.345 e. The lowest BCUT2D eigenvalue weighted by Crippen LogP contribution is -2.11. The van der Waals surface area contributed by atoms with Crippen molar-refractivity contribution < 1.29 is 4.39 Å². The van der Waals surface area contributed by atoms with Gasteiger partial charge in [0.15, 0.2) is 0 Å². The first-order chi connectivity index (χ1) is 9.10. The normalized spacial score (nSPS) is 10.5. The predicted molar refractivity (Wildman–Crippen MR) is 78.4 cm³/mol. The molecule has 2 aromatic rings. The number of benzene rings is 2. The average molecular weight is 258 g/mol. The van der Waals surface area contributed by atoms with Gasteiger partial charge in [0.25, 0.3) is 0 Å². The maximum Gasteiger partial charge on any atom is 0.125 e. The van der Waals surface area contributed by atoms with Gasteiger partial charge < -0.3 is 10.6 Å². The Morgan fingerprint density at radius 2 is 1.74 bits per heavy atom. The Bertz CT molecular complexity index is 549. The number of rotatable bonds is 4. The molecule has 0 radical (unpaired) electrons. The maximum atomic E-state index is 13.6. The van der Waals surface area contributed by atoms with Crippen molar-refractivity contribution in [3.63, 3.8) is 0 Å². The molecule has 0 amide bonds. The Balaban J connectivity index is 2.32. The summed E-state index contributed by atoms with van der Waals surface area (Å²) in [7, 11) is 1.94. The molecule has 2 nitrogen and oxygen atoms in total. The number of anilines is 2. The Hall–Kier alpha value is -1.87. The molecule has 0 fully saturated rings. The largest absolute Gasteiger partial charge is 0.345 e. The number of hydrogen-bond donors (Lipinski definition) is 1. The van der Waals surface area contributed by atoms with Crippen molar-refractivity contribution >= 4 is 11.4 Å². The molecular weight excluding hydrogens is 239 g/mol. The number of nitrogens with two attached hydrogens (primary N) is 1. The monoisotopic (exact) mass is 258 g/mol. The van der Waals surface area contributed by atoms with Gasteiger partial charge in [0.1, 0.15) is 5.82 Å². The molecule has 0 bridgehead atoms. The second-order valence-corrected chi connectivity index (χ2v) is 4.75. The van der Waals surface area contributed by atoms with Gasteiger partial charge in [-0.1, -0.05) is 17.7 Å². The van der Waals surface area contributed by atoms with Crippen LogP contribution in [0, 0.1) is 12.7 Å². The molecule has 0 aromatic heterocycles. The minimum absolute atomic E-state index is 0.222. The van der Waals surface area contributed by atoms with Crippen LogP contribution in [0.2, 0.25) is 0 Å². The van der Waals surface area contributed by atoms with E-state index in [9.17, 15) is 4.39 Å². The summed E-state index contributed by atoms with van der Waals surface area (Å²) in [6.07, 6.45) is 0.687. The van der Waals surface area contributed by atoms with Gasteiger partial charge in [-0.2, -0.15) is 0 Å². The lowest BCUT2D eigenvalue weighted by atomic mass is 10.1. The van der Waals surface area contributed by atoms with Gasteiger partial charge in [-0.25, -0.2) is 4.39 Å². The number of hydrogen-bond acceptors (Lipinski definition) is 2. The van der Waals surface area contributed by atoms with Crippen molar-refractivity contribution in [2.45, 2.75) is 13.3 Å². The third-order valence-corrected chi connectivity index (χ3v) is 3.18. The quantitative estimate of drug-likeness (QED) is 0.910. The van der Waals surface area contributed by atoms with Crippen LogP contribution in [0.25, 0.3) is 0 Å². The molecule has 0 atom stereocenters. The standard InChI is InChI=1S/C16H19FN2/c1-12-3-5-15(6-4-12)19(2)16-10-13(7-8-18)9-14(17)11-16/h3-6,9-11H,7-8,18H2,1-2H3. The molecule has 100 valence electrons. The molecule has 0 unspecified atom stereocenters. The summed E-state index contributed by atoms with van der Waals surface area (Å²) in [6, 6.07) is 13.2. The van der Waals surface area contributed by atoms with E-state index in [1.807, 2.05) is 49.2 Å². The highest BCUT2D eigenvalue weighted by Gasteiger charge is 2.07. The van der Waals surface area contributed by atoms with E-state index in [-0.39, 0.29) is 5.82 Å². The molecule has 0 aliphatic carbocycles. The molecule has 2 rings (SSSR count). The topological polar surface area (TPSA) is 29.3 Å². The van der Waals surface area contributed by atoms with Crippen molar-refractivity contribution in [1.29, 1.82) is 0 Å². The fraction of sp³-hybridized carbons (Fsp3) is 0.250. The number of halogens is 1. The fourth-order valence-corrected chi connectivity index (χ4v) is 2.06. The zero-order valence-electron chi connectivity index (χ0n) is 11.4. The molecule has 0 aliphatic rings. The molecule has 0 aliphatic heterocycles. The highest BCUT2D eigenvalue weighted by atomic mass is 19.1. The van der Waals surface area contributed by atoms with Crippen molar-refractivity contribution in [2.24, 2.45) is 5.73 Å². The molecule has 0 spiro atoms. The van der Waals surface area contributed by atoms with E-state index in [4.69, 9.17) is 5.73 Å². The Kier molecular flexibility index (Phi) is 4.17. The van der Waals surface area contributed by atoms with Gasteiger partial charge >= 0.3 is 0 Å². The molecular formula is C16H19FN2. The zero-order chi connectivity index (χ0) is 13.8. The van der Waals surface area contributed by atoms with Crippen LogP contribution in [-0.2, 0) is 6.42 Å². The van der Waals surface area contributed by atoms with E-state index in [2.05, 4.69) is 0 Å². The third-order valence-electron chi connectivity index (χ3n) is 3.18. The Labute approximate surface area is 113 Å². The molecule has 2 aromatic carbocycles. The van der Waals surface area contributed by atoms with Gasteiger partial charge in [0.2, 0.25) is 0 Å². The van der Waals surface area contributed by atoms with Gasteiger partial charge in [-0.15, -0.1) is 0 Å². The summed E-state index contributed by atoms with van der Waals surface area (Å²) >= 11 is 0. The first kappa shape index (κ1) is 13.6. The number of nitrogens with zero attached hydrogens (tertiary/aromatic N) is 1. The van der Waals surface area contributed by atoms with E-state index in [1.54, 1.807) is 12.1 Å². The van der Waals surface area contributed by atoms with Gasteiger partial charge in [0.05, 0.1) is 0 Å². The van der Waals surface area contributed by atoms with Crippen LogP contribution in [-0.4, -0.2) is 13.6 Å². The number of aryl methyl sites for hydroxylation is 1. The van der Waals surface area contributed by atoms with Crippen LogP contribution < -0.4 is 10.6 Å². The SMILES string of the molecule is Cc1ccc(N(C)c2cc(F)cc(CCN)c2)cc1. The average Bonchev–Trinajstić information content (AvgIpc) is 2.38. The second-order valence-electron chi connectivity index (χ2n) is 4.75. The van der Waals surface area contributed by atoms with Gasteiger partial charge in [-0.3, -0.25) is 0 Å². The van der Waals surface area contributed by atoms with Crippen LogP contribution in [0.5, 0.6) is 0 Å². The van der Waals surface area contributed by atoms with Crippen LogP contribution >= 0.6 is 0 Å². The van der Waals surface area contributed by atoms with Crippen LogP contribution in [0.1, 0.15) is 11.1 Å². The first-order valence-corrected chi connectivity index (χ1v) is 6.40. The van der Waals surface area contributed by atoms with E-state index < -0.39 is 0 Å². The summed E-state index contributed by atoms with van der Waals surface area (Å²) in [5, 5.41) is 0. The smallest absolute Gasteiger partial charge is 0.125 e. The first-order valence-electron chi connectivity index (χ1n) is 6.40. The van der Waals surface area contributed by atoms with E-state index in [0.29, 0.717) is 13.0 Å². The molecule has 19 heavy (non-hydrogen) atoms. The van der Waals surface area contributed by atoms with Crippen LogP contribution in [0.3, 0.4) is 0 Å². The Morgan fingerprint density at radius 1 is 1.05 bits per heavy atom. The summed E-state index contributed by atoms with van der Waals surface area (Å²) in [5.41, 5.74) is 9.54. The maximum absolute atomic E-state index is 13.6. The van der Waals surface area contributed by atoms with Crippen LogP contribution in [0.15, 0.2) is 42.5 Å². The van der Waals surface area contributed by atoms with Gasteiger partial charge in [0, 0.05) is 18.4 Å².